The van der Waals surface area contributed by atoms with Gasteiger partial charge in [0.25, 0.3) is 5.91 Å². The molecule has 18 heavy (non-hydrogen) atoms. The van der Waals surface area contributed by atoms with Crippen LogP contribution in [0, 0.1) is 0 Å². The number of rotatable bonds is 3. The SMILES string of the molecule is NC(=O)c1cnn(-c2ccc(C(=O)O)c(Cl)c2)c1. The minimum atomic E-state index is -1.11. The van der Waals surface area contributed by atoms with Gasteiger partial charge in [0, 0.05) is 6.20 Å². The summed E-state index contributed by atoms with van der Waals surface area (Å²) in [6, 6.07) is 4.35. The van der Waals surface area contributed by atoms with E-state index in [1.165, 1.54) is 35.3 Å². The lowest BCUT2D eigenvalue weighted by Gasteiger charge is -2.03. The van der Waals surface area contributed by atoms with Gasteiger partial charge in [-0.3, -0.25) is 4.79 Å². The molecule has 0 unspecified atom stereocenters. The molecule has 0 aliphatic rings. The van der Waals surface area contributed by atoms with Crippen LogP contribution in [0.4, 0.5) is 0 Å². The maximum absolute atomic E-state index is 10.9. The van der Waals surface area contributed by atoms with E-state index in [-0.39, 0.29) is 16.1 Å². The minimum Gasteiger partial charge on any atom is -0.478 e. The molecule has 1 aromatic heterocycles. The fraction of sp³-hybridized carbons (Fsp3) is 0. The second kappa shape index (κ2) is 4.50. The number of nitrogens with zero attached hydrogens (tertiary/aromatic N) is 2. The summed E-state index contributed by atoms with van der Waals surface area (Å²) < 4.78 is 1.39. The van der Waals surface area contributed by atoms with Crippen LogP contribution in [0.5, 0.6) is 0 Å². The molecule has 0 aliphatic carbocycles. The number of amides is 1. The molecule has 0 atom stereocenters. The van der Waals surface area contributed by atoms with Crippen LogP contribution in [0.1, 0.15) is 20.7 Å². The number of aromatic carboxylic acids is 1. The zero-order chi connectivity index (χ0) is 13.3. The molecule has 7 heteroatoms. The Bertz CT molecular complexity index is 636. The molecule has 0 aliphatic heterocycles. The van der Waals surface area contributed by atoms with Gasteiger partial charge in [-0.15, -0.1) is 0 Å². The van der Waals surface area contributed by atoms with Gasteiger partial charge in [0.2, 0.25) is 0 Å². The van der Waals surface area contributed by atoms with Crippen molar-refractivity contribution >= 4 is 23.5 Å². The van der Waals surface area contributed by atoms with Crippen molar-refractivity contribution in [3.63, 3.8) is 0 Å². The summed E-state index contributed by atoms with van der Waals surface area (Å²) in [5, 5.41) is 12.9. The Morgan fingerprint density at radius 1 is 1.39 bits per heavy atom. The van der Waals surface area contributed by atoms with E-state index in [2.05, 4.69) is 5.10 Å². The molecule has 2 aromatic rings. The van der Waals surface area contributed by atoms with Gasteiger partial charge in [0.05, 0.1) is 28.0 Å². The van der Waals surface area contributed by atoms with Gasteiger partial charge in [0.1, 0.15) is 0 Å². The van der Waals surface area contributed by atoms with Gasteiger partial charge < -0.3 is 10.8 Å². The molecule has 6 nitrogen and oxygen atoms in total. The van der Waals surface area contributed by atoms with E-state index in [4.69, 9.17) is 22.4 Å². The third kappa shape index (κ3) is 2.18. The number of primary amides is 1. The van der Waals surface area contributed by atoms with Crippen LogP contribution in [0.25, 0.3) is 5.69 Å². The summed E-state index contributed by atoms with van der Waals surface area (Å²) >= 11 is 5.83. The number of carbonyl (C=O) groups excluding carboxylic acids is 1. The number of nitrogens with two attached hydrogens (primary N) is 1. The lowest BCUT2D eigenvalue weighted by molar-refractivity contribution is 0.0697. The maximum atomic E-state index is 10.9. The van der Waals surface area contributed by atoms with Gasteiger partial charge in [-0.05, 0) is 18.2 Å². The summed E-state index contributed by atoms with van der Waals surface area (Å²) in [4.78, 5) is 21.7. The summed E-state index contributed by atoms with van der Waals surface area (Å²) in [5.74, 6) is -1.70. The summed E-state index contributed by atoms with van der Waals surface area (Å²) in [6.07, 6.45) is 2.76. The third-order valence-corrected chi connectivity index (χ3v) is 2.63. The molecule has 0 radical (unpaired) electrons. The number of halogens is 1. The summed E-state index contributed by atoms with van der Waals surface area (Å²) in [6.45, 7) is 0. The van der Waals surface area contributed by atoms with E-state index >= 15 is 0 Å². The van der Waals surface area contributed by atoms with Crippen molar-refractivity contribution in [1.82, 2.24) is 9.78 Å². The quantitative estimate of drug-likeness (QED) is 0.874. The van der Waals surface area contributed by atoms with Crippen LogP contribution in [0.3, 0.4) is 0 Å². The molecule has 0 saturated carbocycles. The van der Waals surface area contributed by atoms with Gasteiger partial charge in [-0.1, -0.05) is 11.6 Å². The fourth-order valence-corrected chi connectivity index (χ4v) is 1.67. The largest absolute Gasteiger partial charge is 0.478 e. The number of hydrogen-bond acceptors (Lipinski definition) is 3. The lowest BCUT2D eigenvalue weighted by Crippen LogP contribution is -2.09. The van der Waals surface area contributed by atoms with E-state index in [0.717, 1.165) is 0 Å². The molecule has 1 amide bonds. The Morgan fingerprint density at radius 2 is 2.11 bits per heavy atom. The molecule has 2 rings (SSSR count). The maximum Gasteiger partial charge on any atom is 0.337 e. The van der Waals surface area contributed by atoms with Gasteiger partial charge >= 0.3 is 5.97 Å². The Labute approximate surface area is 107 Å². The highest BCUT2D eigenvalue weighted by Crippen LogP contribution is 2.20. The molecule has 0 fully saturated rings. The molecule has 3 N–H and O–H groups in total. The first-order valence-electron chi connectivity index (χ1n) is 4.86. The molecule has 92 valence electrons. The standard InChI is InChI=1S/C11H8ClN3O3/c12-9-3-7(1-2-8(9)11(17)18)15-5-6(4-14-15)10(13)16/h1-5H,(H2,13,16)(H,17,18). The minimum absolute atomic E-state index is 0.00250. The van der Waals surface area contributed by atoms with Crippen LogP contribution in [-0.2, 0) is 0 Å². The van der Waals surface area contributed by atoms with E-state index < -0.39 is 11.9 Å². The van der Waals surface area contributed by atoms with Crippen LogP contribution >= 0.6 is 11.6 Å². The topological polar surface area (TPSA) is 98.2 Å². The van der Waals surface area contributed by atoms with Crippen molar-refractivity contribution < 1.29 is 14.7 Å². The first kappa shape index (κ1) is 12.1. The number of carbonyl (C=O) groups is 2. The normalized spacial score (nSPS) is 10.3. The van der Waals surface area contributed by atoms with E-state index in [0.29, 0.717) is 5.69 Å². The monoisotopic (exact) mass is 265 g/mol. The lowest BCUT2D eigenvalue weighted by atomic mass is 10.2. The van der Waals surface area contributed by atoms with E-state index in [9.17, 15) is 9.59 Å². The van der Waals surface area contributed by atoms with Gasteiger partial charge in [0.15, 0.2) is 0 Å². The van der Waals surface area contributed by atoms with Gasteiger partial charge in [-0.25, -0.2) is 9.48 Å². The number of carboxylic acids is 1. The molecule has 0 bridgehead atoms. The van der Waals surface area contributed by atoms with Crippen LogP contribution in [0.15, 0.2) is 30.6 Å². The Morgan fingerprint density at radius 3 is 2.61 bits per heavy atom. The predicted molar refractivity (Wildman–Crippen MR) is 64.1 cm³/mol. The summed E-state index contributed by atoms with van der Waals surface area (Å²) in [5.41, 5.74) is 5.90. The highest BCUT2D eigenvalue weighted by Gasteiger charge is 2.11. The number of benzene rings is 1. The van der Waals surface area contributed by atoms with Crippen LogP contribution < -0.4 is 5.73 Å². The second-order valence-corrected chi connectivity index (χ2v) is 3.91. The van der Waals surface area contributed by atoms with Crippen LogP contribution in [0.2, 0.25) is 5.02 Å². The molecule has 0 spiro atoms. The second-order valence-electron chi connectivity index (χ2n) is 3.51. The fourth-order valence-electron chi connectivity index (χ4n) is 1.41. The molecule has 1 aromatic carbocycles. The van der Waals surface area contributed by atoms with Crippen molar-refractivity contribution in [2.45, 2.75) is 0 Å². The Hall–Kier alpha value is -2.34. The zero-order valence-corrected chi connectivity index (χ0v) is 9.76. The molecule has 1 heterocycles. The van der Waals surface area contributed by atoms with Crippen molar-refractivity contribution in [2.75, 3.05) is 0 Å². The van der Waals surface area contributed by atoms with Crippen LogP contribution in [-0.4, -0.2) is 26.8 Å². The van der Waals surface area contributed by atoms with E-state index in [1.54, 1.807) is 0 Å². The van der Waals surface area contributed by atoms with E-state index in [1.807, 2.05) is 0 Å². The van der Waals surface area contributed by atoms with Crippen molar-refractivity contribution in [1.29, 1.82) is 0 Å². The third-order valence-electron chi connectivity index (χ3n) is 2.31. The zero-order valence-electron chi connectivity index (χ0n) is 9.00. The Kier molecular flexibility index (Phi) is 3.03. The number of aromatic nitrogens is 2. The molecule has 0 saturated heterocycles. The number of hydrogen-bond donors (Lipinski definition) is 2. The first-order chi connectivity index (χ1) is 8.49. The van der Waals surface area contributed by atoms with Crippen molar-refractivity contribution in [3.05, 3.63) is 46.7 Å². The molecular formula is C11H8ClN3O3. The highest BCUT2D eigenvalue weighted by molar-refractivity contribution is 6.33. The van der Waals surface area contributed by atoms with Crippen molar-refractivity contribution in [3.8, 4) is 5.69 Å². The Balaban J connectivity index is 2.42. The average Bonchev–Trinajstić information content (AvgIpc) is 2.77. The highest BCUT2D eigenvalue weighted by atomic mass is 35.5. The predicted octanol–water partition coefficient (Wildman–Crippen LogP) is 1.32. The summed E-state index contributed by atoms with van der Waals surface area (Å²) in [7, 11) is 0. The molecular weight excluding hydrogens is 258 g/mol. The number of carboxylic acid groups (broad SMARTS) is 1. The average molecular weight is 266 g/mol. The van der Waals surface area contributed by atoms with Crippen molar-refractivity contribution in [2.24, 2.45) is 5.73 Å². The first-order valence-corrected chi connectivity index (χ1v) is 5.24. The van der Waals surface area contributed by atoms with Gasteiger partial charge in [-0.2, -0.15) is 5.10 Å². The smallest absolute Gasteiger partial charge is 0.337 e.